The molecule has 1 N–H and O–H groups in total. The Kier molecular flexibility index (Phi) is 6.26. The molecule has 1 fully saturated rings. The van der Waals surface area contributed by atoms with Crippen molar-refractivity contribution in [3.8, 4) is 0 Å². The summed E-state index contributed by atoms with van der Waals surface area (Å²) in [6.07, 6.45) is 1.63. The SMILES string of the molecule is CN(CCNC1CCS(=O)CC1)C(=O)OC(C)(C)C. The number of ether oxygens (including phenoxy) is 1. The van der Waals surface area contributed by atoms with E-state index in [2.05, 4.69) is 5.32 Å². The lowest BCUT2D eigenvalue weighted by Gasteiger charge is -2.26. The summed E-state index contributed by atoms with van der Waals surface area (Å²) in [6.45, 7) is 6.94. The maximum atomic E-state index is 11.7. The Hall–Kier alpha value is -0.620. The second kappa shape index (κ2) is 7.24. The lowest BCUT2D eigenvalue weighted by Crippen LogP contribution is -2.42. The van der Waals surface area contributed by atoms with E-state index in [-0.39, 0.29) is 6.09 Å². The average molecular weight is 290 g/mol. The van der Waals surface area contributed by atoms with Gasteiger partial charge in [0, 0.05) is 48.5 Å². The molecule has 0 aliphatic carbocycles. The van der Waals surface area contributed by atoms with Gasteiger partial charge in [-0.25, -0.2) is 4.79 Å². The summed E-state index contributed by atoms with van der Waals surface area (Å²) in [6, 6.07) is 0.435. The molecule has 0 aromatic carbocycles. The van der Waals surface area contributed by atoms with Crippen LogP contribution < -0.4 is 5.32 Å². The maximum Gasteiger partial charge on any atom is 0.410 e. The predicted octanol–water partition coefficient (Wildman–Crippen LogP) is 1.35. The van der Waals surface area contributed by atoms with Crippen molar-refractivity contribution in [2.75, 3.05) is 31.6 Å². The van der Waals surface area contributed by atoms with Crippen molar-refractivity contribution in [2.45, 2.75) is 45.3 Å². The average Bonchev–Trinajstić information content (AvgIpc) is 2.29. The summed E-state index contributed by atoms with van der Waals surface area (Å²) in [5.41, 5.74) is -0.452. The summed E-state index contributed by atoms with van der Waals surface area (Å²) >= 11 is 0. The van der Waals surface area contributed by atoms with E-state index in [0.29, 0.717) is 12.6 Å². The van der Waals surface area contributed by atoms with Crippen molar-refractivity contribution in [3.63, 3.8) is 0 Å². The van der Waals surface area contributed by atoms with Crippen LogP contribution in [0.2, 0.25) is 0 Å². The van der Waals surface area contributed by atoms with E-state index in [1.807, 2.05) is 20.8 Å². The molecule has 0 atom stereocenters. The van der Waals surface area contributed by atoms with Gasteiger partial charge in [0.15, 0.2) is 0 Å². The van der Waals surface area contributed by atoms with Gasteiger partial charge in [-0.2, -0.15) is 0 Å². The van der Waals surface area contributed by atoms with Gasteiger partial charge in [-0.05, 0) is 33.6 Å². The molecule has 5 nitrogen and oxygen atoms in total. The van der Waals surface area contributed by atoms with Crippen molar-refractivity contribution in [1.82, 2.24) is 10.2 Å². The topological polar surface area (TPSA) is 58.6 Å². The quantitative estimate of drug-likeness (QED) is 0.849. The van der Waals surface area contributed by atoms with E-state index < -0.39 is 16.4 Å². The molecule has 19 heavy (non-hydrogen) atoms. The molecule has 112 valence electrons. The minimum absolute atomic E-state index is 0.293. The third kappa shape index (κ3) is 6.92. The van der Waals surface area contributed by atoms with Gasteiger partial charge in [-0.3, -0.25) is 4.21 Å². The van der Waals surface area contributed by atoms with Crippen molar-refractivity contribution in [3.05, 3.63) is 0 Å². The van der Waals surface area contributed by atoms with Crippen molar-refractivity contribution >= 4 is 16.9 Å². The van der Waals surface area contributed by atoms with Gasteiger partial charge in [0.2, 0.25) is 0 Å². The first-order valence-corrected chi connectivity index (χ1v) is 8.29. The van der Waals surface area contributed by atoms with Crippen LogP contribution in [0, 0.1) is 0 Å². The molecule has 0 saturated carbocycles. The normalized spacial score (nSPS) is 24.0. The van der Waals surface area contributed by atoms with Crippen LogP contribution in [0.15, 0.2) is 0 Å². The van der Waals surface area contributed by atoms with E-state index in [1.54, 1.807) is 11.9 Å². The summed E-state index contributed by atoms with van der Waals surface area (Å²) in [5, 5.41) is 3.41. The van der Waals surface area contributed by atoms with Gasteiger partial charge in [0.25, 0.3) is 0 Å². The highest BCUT2D eigenvalue weighted by atomic mass is 32.2. The van der Waals surface area contributed by atoms with Crippen molar-refractivity contribution < 1.29 is 13.7 Å². The highest BCUT2D eigenvalue weighted by Gasteiger charge is 2.20. The minimum Gasteiger partial charge on any atom is -0.444 e. The van der Waals surface area contributed by atoms with E-state index in [4.69, 9.17) is 4.74 Å². The minimum atomic E-state index is -0.619. The molecule has 0 radical (unpaired) electrons. The number of hydrogen-bond acceptors (Lipinski definition) is 4. The fraction of sp³-hybridized carbons (Fsp3) is 0.923. The first-order chi connectivity index (χ1) is 8.78. The van der Waals surface area contributed by atoms with Gasteiger partial charge in [-0.15, -0.1) is 0 Å². The maximum absolute atomic E-state index is 11.7. The van der Waals surface area contributed by atoms with Crippen LogP contribution in [-0.4, -0.2) is 58.5 Å². The molecule has 0 aromatic heterocycles. The van der Waals surface area contributed by atoms with Gasteiger partial charge < -0.3 is 15.0 Å². The molecule has 6 heteroatoms. The zero-order valence-corrected chi connectivity index (χ0v) is 13.2. The number of likely N-dealkylation sites (N-methyl/N-ethyl adjacent to an activating group) is 1. The van der Waals surface area contributed by atoms with Gasteiger partial charge >= 0.3 is 6.09 Å². The van der Waals surface area contributed by atoms with Crippen LogP contribution in [0.3, 0.4) is 0 Å². The van der Waals surface area contributed by atoms with Crippen LogP contribution >= 0.6 is 0 Å². The molecule has 1 heterocycles. The predicted molar refractivity (Wildman–Crippen MR) is 77.8 cm³/mol. The highest BCUT2D eigenvalue weighted by molar-refractivity contribution is 7.85. The molecule has 0 spiro atoms. The number of amides is 1. The summed E-state index contributed by atoms with van der Waals surface area (Å²) < 4.78 is 16.5. The Labute approximate surface area is 118 Å². The number of carbonyl (C=O) groups is 1. The number of nitrogens with zero attached hydrogens (tertiary/aromatic N) is 1. The van der Waals surface area contributed by atoms with Gasteiger partial charge in [0.1, 0.15) is 5.60 Å². The zero-order valence-electron chi connectivity index (χ0n) is 12.4. The third-order valence-corrected chi connectivity index (χ3v) is 4.36. The fourth-order valence-electron chi connectivity index (χ4n) is 1.87. The van der Waals surface area contributed by atoms with Gasteiger partial charge in [-0.1, -0.05) is 0 Å². The Morgan fingerprint density at radius 1 is 1.37 bits per heavy atom. The molecule has 0 unspecified atom stereocenters. The highest BCUT2D eigenvalue weighted by Crippen LogP contribution is 2.10. The number of nitrogens with one attached hydrogen (secondary N) is 1. The van der Waals surface area contributed by atoms with Crippen LogP contribution in [0.4, 0.5) is 4.79 Å². The Morgan fingerprint density at radius 3 is 2.47 bits per heavy atom. The Bertz CT molecular complexity index is 318. The second-order valence-electron chi connectivity index (χ2n) is 5.98. The molecular formula is C13H26N2O3S. The molecule has 1 amide bonds. The van der Waals surface area contributed by atoms with Gasteiger partial charge in [0.05, 0.1) is 0 Å². The lowest BCUT2D eigenvalue weighted by molar-refractivity contribution is 0.0299. The second-order valence-corrected chi connectivity index (χ2v) is 7.67. The van der Waals surface area contributed by atoms with Crippen molar-refractivity contribution in [2.24, 2.45) is 0 Å². The van der Waals surface area contributed by atoms with Crippen LogP contribution in [-0.2, 0) is 15.5 Å². The Balaban J connectivity index is 2.18. The first kappa shape index (κ1) is 16.4. The largest absolute Gasteiger partial charge is 0.444 e. The Morgan fingerprint density at radius 2 is 1.95 bits per heavy atom. The van der Waals surface area contributed by atoms with Crippen LogP contribution in [0.25, 0.3) is 0 Å². The van der Waals surface area contributed by atoms with E-state index >= 15 is 0 Å². The first-order valence-electron chi connectivity index (χ1n) is 6.80. The summed E-state index contributed by atoms with van der Waals surface area (Å²) in [4.78, 5) is 13.3. The van der Waals surface area contributed by atoms with Crippen LogP contribution in [0.5, 0.6) is 0 Å². The van der Waals surface area contributed by atoms with E-state index in [1.165, 1.54) is 0 Å². The molecule has 1 aliphatic rings. The molecule has 0 aromatic rings. The summed E-state index contributed by atoms with van der Waals surface area (Å²) in [5.74, 6) is 1.58. The molecular weight excluding hydrogens is 264 g/mol. The lowest BCUT2D eigenvalue weighted by atomic mass is 10.1. The molecule has 1 rings (SSSR count). The van der Waals surface area contributed by atoms with E-state index in [0.717, 1.165) is 30.9 Å². The smallest absolute Gasteiger partial charge is 0.410 e. The number of rotatable bonds is 4. The number of hydrogen-bond donors (Lipinski definition) is 1. The molecule has 1 aliphatic heterocycles. The fourth-order valence-corrected chi connectivity index (χ4v) is 3.16. The van der Waals surface area contributed by atoms with E-state index in [9.17, 15) is 9.00 Å². The number of carbonyl (C=O) groups excluding carboxylic acids is 1. The molecule has 0 bridgehead atoms. The van der Waals surface area contributed by atoms with Crippen molar-refractivity contribution in [1.29, 1.82) is 0 Å². The zero-order chi connectivity index (χ0) is 14.5. The van der Waals surface area contributed by atoms with Crippen LogP contribution in [0.1, 0.15) is 33.6 Å². The monoisotopic (exact) mass is 290 g/mol. The summed E-state index contributed by atoms with van der Waals surface area (Å²) in [7, 11) is 1.12. The molecule has 1 saturated heterocycles. The third-order valence-electron chi connectivity index (χ3n) is 2.97. The standard InChI is InChI=1S/C13H26N2O3S/c1-13(2,3)18-12(16)15(4)8-7-14-11-5-9-19(17)10-6-11/h11,14H,5-10H2,1-4H3.